The molecular formula is C22H14Cl2N2O4. The number of hydrogen-bond acceptors (Lipinski definition) is 4. The highest BCUT2D eigenvalue weighted by atomic mass is 35.5. The summed E-state index contributed by atoms with van der Waals surface area (Å²) in [5.74, 6) is -0.752. The number of imide groups is 2. The normalized spacial score (nSPS) is 15.6. The molecule has 1 fully saturated rings. The molecule has 4 amide bonds. The van der Waals surface area contributed by atoms with Crippen molar-refractivity contribution in [2.75, 3.05) is 4.90 Å². The Kier molecular flexibility index (Phi) is 5.20. The molecular weight excluding hydrogens is 427 g/mol. The summed E-state index contributed by atoms with van der Waals surface area (Å²) in [7, 11) is 0. The van der Waals surface area contributed by atoms with Gasteiger partial charge in [-0.1, -0.05) is 35.3 Å². The zero-order chi connectivity index (χ0) is 21.4. The molecule has 8 heteroatoms. The number of aryl methyl sites for hydroxylation is 1. The van der Waals surface area contributed by atoms with Crippen molar-refractivity contribution in [3.05, 3.63) is 81.5 Å². The molecule has 1 aliphatic rings. The maximum absolute atomic E-state index is 12.9. The molecule has 3 aromatic rings. The zero-order valence-electron chi connectivity index (χ0n) is 15.6. The Bertz CT molecular complexity index is 1210. The topological polar surface area (TPSA) is 79.6 Å². The second-order valence-corrected chi connectivity index (χ2v) is 7.44. The third-order valence-electron chi connectivity index (χ3n) is 4.56. The monoisotopic (exact) mass is 440 g/mol. The number of amides is 4. The van der Waals surface area contributed by atoms with E-state index in [2.05, 4.69) is 5.32 Å². The van der Waals surface area contributed by atoms with Gasteiger partial charge in [-0.2, -0.15) is 0 Å². The van der Waals surface area contributed by atoms with Crippen molar-refractivity contribution in [2.24, 2.45) is 0 Å². The smallest absolute Gasteiger partial charge is 0.335 e. The Morgan fingerprint density at radius 3 is 2.40 bits per heavy atom. The van der Waals surface area contributed by atoms with Crippen LogP contribution in [0.1, 0.15) is 11.3 Å². The molecule has 0 saturated carbocycles. The lowest BCUT2D eigenvalue weighted by atomic mass is 10.1. The van der Waals surface area contributed by atoms with E-state index in [1.165, 1.54) is 18.2 Å². The molecule has 0 aliphatic carbocycles. The number of hydrogen-bond donors (Lipinski definition) is 1. The summed E-state index contributed by atoms with van der Waals surface area (Å²) in [4.78, 5) is 38.3. The number of rotatable bonds is 3. The second-order valence-electron chi connectivity index (χ2n) is 6.60. The van der Waals surface area contributed by atoms with Gasteiger partial charge in [-0.25, -0.2) is 9.69 Å². The van der Waals surface area contributed by atoms with Gasteiger partial charge in [0.15, 0.2) is 0 Å². The largest absolute Gasteiger partial charge is 0.457 e. The Hall–Kier alpha value is -3.35. The van der Waals surface area contributed by atoms with Crippen LogP contribution in [0.25, 0.3) is 17.4 Å². The molecule has 2 heterocycles. The van der Waals surface area contributed by atoms with Crippen LogP contribution in [0.4, 0.5) is 10.5 Å². The van der Waals surface area contributed by atoms with E-state index in [1.54, 1.807) is 30.3 Å². The predicted octanol–water partition coefficient (Wildman–Crippen LogP) is 5.23. The average molecular weight is 441 g/mol. The lowest BCUT2D eigenvalue weighted by Crippen LogP contribution is -2.54. The number of carbonyl (C=O) groups excluding carboxylic acids is 3. The fourth-order valence-electron chi connectivity index (χ4n) is 2.96. The minimum Gasteiger partial charge on any atom is -0.457 e. The van der Waals surface area contributed by atoms with Crippen molar-refractivity contribution >= 4 is 52.8 Å². The summed E-state index contributed by atoms with van der Waals surface area (Å²) in [6.07, 6.45) is 1.30. The van der Waals surface area contributed by atoms with E-state index >= 15 is 0 Å². The molecule has 1 saturated heterocycles. The molecule has 150 valence electrons. The van der Waals surface area contributed by atoms with Gasteiger partial charge in [0.2, 0.25) is 0 Å². The third kappa shape index (κ3) is 3.75. The highest BCUT2D eigenvalue weighted by Gasteiger charge is 2.37. The lowest BCUT2D eigenvalue weighted by Gasteiger charge is -2.26. The Morgan fingerprint density at radius 1 is 0.967 bits per heavy atom. The molecule has 30 heavy (non-hydrogen) atoms. The fourth-order valence-corrected chi connectivity index (χ4v) is 3.26. The first-order valence-corrected chi connectivity index (χ1v) is 9.62. The summed E-state index contributed by atoms with van der Waals surface area (Å²) < 4.78 is 5.76. The molecule has 1 aliphatic heterocycles. The predicted molar refractivity (Wildman–Crippen MR) is 114 cm³/mol. The number of urea groups is 1. The van der Waals surface area contributed by atoms with Crippen molar-refractivity contribution in [1.29, 1.82) is 0 Å². The maximum Gasteiger partial charge on any atom is 0.335 e. The van der Waals surface area contributed by atoms with Crippen LogP contribution in [-0.4, -0.2) is 17.8 Å². The van der Waals surface area contributed by atoms with Gasteiger partial charge >= 0.3 is 6.03 Å². The molecule has 4 rings (SSSR count). The number of barbiturate groups is 1. The number of nitrogens with zero attached hydrogens (tertiary/aromatic N) is 1. The zero-order valence-corrected chi connectivity index (χ0v) is 17.1. The highest BCUT2D eigenvalue weighted by molar-refractivity contribution is 6.39. The molecule has 0 atom stereocenters. The molecule has 6 nitrogen and oxygen atoms in total. The van der Waals surface area contributed by atoms with E-state index in [0.717, 1.165) is 16.0 Å². The van der Waals surface area contributed by atoms with Crippen LogP contribution >= 0.6 is 23.2 Å². The summed E-state index contributed by atoms with van der Waals surface area (Å²) in [5, 5.41) is 3.22. The molecule has 2 aromatic carbocycles. The SMILES string of the molecule is Cc1ccc(-c2ccc(/C=C3\C(=O)NC(=O)N(c4ccc(Cl)cc4)C3=O)o2)cc1Cl. The number of carbonyl (C=O) groups is 3. The lowest BCUT2D eigenvalue weighted by molar-refractivity contribution is -0.122. The van der Waals surface area contributed by atoms with E-state index in [9.17, 15) is 14.4 Å². The van der Waals surface area contributed by atoms with Crippen molar-refractivity contribution in [1.82, 2.24) is 5.32 Å². The standard InChI is InChI=1S/C22H14Cl2N2O4/c1-12-2-3-13(10-18(12)24)19-9-8-16(30-19)11-17-20(27)25-22(29)26(21(17)28)15-6-4-14(23)5-7-15/h2-11H,1H3,(H,25,27,29)/b17-11+. The molecule has 0 unspecified atom stereocenters. The van der Waals surface area contributed by atoms with Crippen LogP contribution in [0.5, 0.6) is 0 Å². The van der Waals surface area contributed by atoms with Crippen molar-refractivity contribution in [3.8, 4) is 11.3 Å². The first kappa shape index (κ1) is 19.9. The van der Waals surface area contributed by atoms with Crippen LogP contribution in [-0.2, 0) is 9.59 Å². The first-order chi connectivity index (χ1) is 14.3. The Morgan fingerprint density at radius 2 is 1.70 bits per heavy atom. The summed E-state index contributed by atoms with van der Waals surface area (Å²) in [6, 6.07) is 14.1. The van der Waals surface area contributed by atoms with Crippen LogP contribution in [0.15, 0.2) is 64.6 Å². The van der Waals surface area contributed by atoms with Crippen LogP contribution < -0.4 is 10.2 Å². The van der Waals surface area contributed by atoms with Crippen LogP contribution in [0.3, 0.4) is 0 Å². The minimum absolute atomic E-state index is 0.229. The average Bonchev–Trinajstić information content (AvgIpc) is 3.17. The molecule has 1 N–H and O–H groups in total. The number of benzene rings is 2. The molecule has 0 radical (unpaired) electrons. The second kappa shape index (κ2) is 7.82. The van der Waals surface area contributed by atoms with E-state index < -0.39 is 17.8 Å². The van der Waals surface area contributed by atoms with Gasteiger partial charge in [0, 0.05) is 15.6 Å². The van der Waals surface area contributed by atoms with E-state index in [4.69, 9.17) is 27.6 Å². The highest BCUT2D eigenvalue weighted by Crippen LogP contribution is 2.29. The summed E-state index contributed by atoms with van der Waals surface area (Å²) in [5.41, 5.74) is 1.75. The molecule has 0 bridgehead atoms. The van der Waals surface area contributed by atoms with Crippen molar-refractivity contribution in [2.45, 2.75) is 6.92 Å². The van der Waals surface area contributed by atoms with Gasteiger partial charge in [0.05, 0.1) is 5.69 Å². The Balaban J connectivity index is 1.67. The number of anilines is 1. The molecule has 0 spiro atoms. The van der Waals surface area contributed by atoms with E-state index in [0.29, 0.717) is 15.8 Å². The summed E-state index contributed by atoms with van der Waals surface area (Å²) >= 11 is 12.0. The summed E-state index contributed by atoms with van der Waals surface area (Å²) in [6.45, 7) is 1.89. The third-order valence-corrected chi connectivity index (χ3v) is 5.22. The Labute approximate surface area is 181 Å². The van der Waals surface area contributed by atoms with Gasteiger partial charge in [-0.3, -0.25) is 14.9 Å². The van der Waals surface area contributed by atoms with Gasteiger partial charge in [0.25, 0.3) is 11.8 Å². The van der Waals surface area contributed by atoms with Crippen LogP contribution in [0, 0.1) is 6.92 Å². The number of halogens is 2. The first-order valence-electron chi connectivity index (χ1n) is 8.87. The van der Waals surface area contributed by atoms with Gasteiger partial charge < -0.3 is 4.42 Å². The quantitative estimate of drug-likeness (QED) is 0.446. The fraction of sp³-hybridized carbons (Fsp3) is 0.0455. The van der Waals surface area contributed by atoms with Gasteiger partial charge in [-0.15, -0.1) is 0 Å². The van der Waals surface area contributed by atoms with Gasteiger partial charge in [-0.05, 0) is 61.0 Å². The number of nitrogens with one attached hydrogen (secondary N) is 1. The van der Waals surface area contributed by atoms with E-state index in [-0.39, 0.29) is 17.0 Å². The van der Waals surface area contributed by atoms with Crippen LogP contribution in [0.2, 0.25) is 10.0 Å². The van der Waals surface area contributed by atoms with Crippen molar-refractivity contribution in [3.63, 3.8) is 0 Å². The van der Waals surface area contributed by atoms with E-state index in [1.807, 2.05) is 19.1 Å². The van der Waals surface area contributed by atoms with Crippen molar-refractivity contribution < 1.29 is 18.8 Å². The van der Waals surface area contributed by atoms with Gasteiger partial charge in [0.1, 0.15) is 17.1 Å². The molecule has 1 aromatic heterocycles. The minimum atomic E-state index is -0.834. The maximum atomic E-state index is 12.9. The number of furan rings is 1.